The van der Waals surface area contributed by atoms with Gasteiger partial charge in [-0.05, 0) is 31.5 Å². The maximum Gasteiger partial charge on any atom is 0.350 e. The van der Waals surface area contributed by atoms with E-state index in [9.17, 15) is 9.59 Å². The normalized spacial score (nSPS) is 15.3. The molecule has 35 heavy (non-hydrogen) atoms. The van der Waals surface area contributed by atoms with Crippen LogP contribution in [0.1, 0.15) is 33.4 Å². The first-order chi connectivity index (χ1) is 17.0. The number of aromatic nitrogens is 4. The average Bonchev–Trinajstić information content (AvgIpc) is 3.39. The second-order valence-corrected chi connectivity index (χ2v) is 9.06. The van der Waals surface area contributed by atoms with Crippen LogP contribution in [0.5, 0.6) is 0 Å². The molecule has 0 bridgehead atoms. The Morgan fingerprint density at radius 2 is 1.91 bits per heavy atom. The Kier molecular flexibility index (Phi) is 6.55. The maximum atomic E-state index is 13.0. The van der Waals surface area contributed by atoms with Crippen LogP contribution in [0.25, 0.3) is 0 Å². The summed E-state index contributed by atoms with van der Waals surface area (Å²) in [7, 11) is 0. The van der Waals surface area contributed by atoms with Crippen LogP contribution < -0.4 is 15.1 Å². The van der Waals surface area contributed by atoms with Gasteiger partial charge in [-0.3, -0.25) is 20.0 Å². The number of ether oxygens (including phenoxy) is 2. The van der Waals surface area contributed by atoms with Gasteiger partial charge in [-0.25, -0.2) is 9.78 Å². The Bertz CT molecular complexity index is 1240. The van der Waals surface area contributed by atoms with Crippen LogP contribution in [-0.2, 0) is 27.2 Å². The van der Waals surface area contributed by atoms with Crippen LogP contribution in [0.4, 0.5) is 22.7 Å². The number of aryl methyl sites for hydroxylation is 1. The van der Waals surface area contributed by atoms with Crippen molar-refractivity contribution in [3.63, 3.8) is 0 Å². The van der Waals surface area contributed by atoms with Crippen molar-refractivity contribution in [2.24, 2.45) is 0 Å². The number of nitrogens with zero attached hydrogens (tertiary/aromatic N) is 6. The Balaban J connectivity index is 1.51. The van der Waals surface area contributed by atoms with E-state index >= 15 is 0 Å². The molecule has 0 saturated carbocycles. The third-order valence-corrected chi connectivity index (χ3v) is 6.78. The molecule has 0 aromatic carbocycles. The van der Waals surface area contributed by atoms with Crippen molar-refractivity contribution in [3.05, 3.63) is 46.2 Å². The number of carbonyl (C=O) groups excluding carboxylic acids is 2. The number of hydrogen-bond acceptors (Lipinski definition) is 11. The molecule has 5 rings (SSSR count). The highest BCUT2D eigenvalue weighted by Gasteiger charge is 2.34. The van der Waals surface area contributed by atoms with Gasteiger partial charge in [0, 0.05) is 31.0 Å². The number of esters is 1. The maximum absolute atomic E-state index is 13.0. The van der Waals surface area contributed by atoms with Gasteiger partial charge in [0.15, 0.2) is 5.13 Å². The second-order valence-electron chi connectivity index (χ2n) is 8.06. The highest BCUT2D eigenvalue weighted by Crippen LogP contribution is 2.37. The van der Waals surface area contributed by atoms with E-state index in [2.05, 4.69) is 20.2 Å². The van der Waals surface area contributed by atoms with Gasteiger partial charge >= 0.3 is 5.97 Å². The Hall–Kier alpha value is -3.64. The van der Waals surface area contributed by atoms with E-state index in [1.807, 2.05) is 12.1 Å². The van der Waals surface area contributed by atoms with Crippen LogP contribution in [0.2, 0.25) is 0 Å². The van der Waals surface area contributed by atoms with Gasteiger partial charge in [0.1, 0.15) is 16.5 Å². The highest BCUT2D eigenvalue weighted by molar-refractivity contribution is 7.17. The molecule has 1 N–H and O–H groups in total. The van der Waals surface area contributed by atoms with Crippen molar-refractivity contribution in [2.45, 2.75) is 26.8 Å². The van der Waals surface area contributed by atoms with Gasteiger partial charge in [0.2, 0.25) is 11.9 Å². The molecule has 2 aliphatic heterocycles. The summed E-state index contributed by atoms with van der Waals surface area (Å²) in [5.41, 5.74) is 2.33. The number of carbonyl (C=O) groups is 2. The van der Waals surface area contributed by atoms with Gasteiger partial charge in [0.25, 0.3) is 0 Å². The minimum atomic E-state index is -0.409. The molecular formula is C23H25N7O4S. The molecule has 1 amide bonds. The summed E-state index contributed by atoms with van der Waals surface area (Å²) in [6, 6.07) is 3.76. The average molecular weight is 496 g/mol. The fraction of sp³-hybridized carbons (Fsp3) is 0.391. The summed E-state index contributed by atoms with van der Waals surface area (Å²) in [6.07, 6.45) is 3.64. The Morgan fingerprint density at radius 3 is 2.66 bits per heavy atom. The van der Waals surface area contributed by atoms with E-state index in [4.69, 9.17) is 19.4 Å². The molecule has 0 aliphatic carbocycles. The molecule has 1 fully saturated rings. The first kappa shape index (κ1) is 23.1. The fourth-order valence-corrected chi connectivity index (χ4v) is 4.92. The molecule has 1 saturated heterocycles. The summed E-state index contributed by atoms with van der Waals surface area (Å²) in [6.45, 7) is 6.71. The Morgan fingerprint density at radius 1 is 1.17 bits per heavy atom. The first-order valence-electron chi connectivity index (χ1n) is 11.4. The molecule has 3 aromatic heterocycles. The van der Waals surface area contributed by atoms with E-state index in [0.717, 1.165) is 11.1 Å². The van der Waals surface area contributed by atoms with Crippen molar-refractivity contribution in [1.82, 2.24) is 19.9 Å². The molecule has 3 aromatic rings. The minimum absolute atomic E-state index is 0.0348. The van der Waals surface area contributed by atoms with Crippen LogP contribution >= 0.6 is 11.3 Å². The van der Waals surface area contributed by atoms with Gasteiger partial charge in [-0.1, -0.05) is 11.3 Å². The van der Waals surface area contributed by atoms with Gasteiger partial charge in [0.05, 0.1) is 38.5 Å². The zero-order chi connectivity index (χ0) is 24.4. The smallest absolute Gasteiger partial charge is 0.350 e. The third-order valence-electron chi connectivity index (χ3n) is 5.72. The first-order valence-corrected chi connectivity index (χ1v) is 12.2. The summed E-state index contributed by atoms with van der Waals surface area (Å²) < 4.78 is 10.6. The molecule has 5 heterocycles. The lowest BCUT2D eigenvalue weighted by Gasteiger charge is -2.29. The zero-order valence-electron chi connectivity index (χ0n) is 19.5. The monoisotopic (exact) mass is 495 g/mol. The van der Waals surface area contributed by atoms with Crippen molar-refractivity contribution < 1.29 is 19.1 Å². The van der Waals surface area contributed by atoms with Crippen LogP contribution in [-0.4, -0.2) is 64.7 Å². The number of pyridine rings is 1. The van der Waals surface area contributed by atoms with Crippen molar-refractivity contribution in [1.29, 1.82) is 0 Å². The number of nitrogens with one attached hydrogen (secondary N) is 1. The van der Waals surface area contributed by atoms with Crippen LogP contribution in [0, 0.1) is 6.92 Å². The van der Waals surface area contributed by atoms with E-state index in [0.29, 0.717) is 66.1 Å². The number of fused-ring (bicyclic) bond motifs is 1. The molecule has 2 aliphatic rings. The number of amides is 1. The van der Waals surface area contributed by atoms with Crippen LogP contribution in [0.15, 0.2) is 24.5 Å². The molecule has 0 radical (unpaired) electrons. The summed E-state index contributed by atoms with van der Waals surface area (Å²) in [4.78, 5) is 47.5. The summed E-state index contributed by atoms with van der Waals surface area (Å²) in [5.74, 6) is 1.15. The zero-order valence-corrected chi connectivity index (χ0v) is 20.3. The number of morpholine rings is 1. The van der Waals surface area contributed by atoms with E-state index in [-0.39, 0.29) is 18.9 Å². The second kappa shape index (κ2) is 9.92. The van der Waals surface area contributed by atoms with E-state index in [1.165, 1.54) is 11.3 Å². The molecule has 12 heteroatoms. The van der Waals surface area contributed by atoms with Crippen LogP contribution in [0.3, 0.4) is 0 Å². The number of anilines is 4. The van der Waals surface area contributed by atoms with Gasteiger partial charge < -0.3 is 14.4 Å². The summed E-state index contributed by atoms with van der Waals surface area (Å²) >= 11 is 1.18. The quantitative estimate of drug-likeness (QED) is 0.489. The minimum Gasteiger partial charge on any atom is -0.462 e. The SMILES string of the molecule is CCOC(=O)c1sc(Nc2nc(N3CCOCC3)c3c(n2)N(Cc2ccncc2)C(=O)C3)nc1C. The largest absolute Gasteiger partial charge is 0.462 e. The van der Waals surface area contributed by atoms with Crippen molar-refractivity contribution in [2.75, 3.05) is 48.0 Å². The van der Waals surface area contributed by atoms with Crippen molar-refractivity contribution in [3.8, 4) is 0 Å². The number of hydrogen-bond donors (Lipinski definition) is 1. The van der Waals surface area contributed by atoms with E-state index in [1.54, 1.807) is 31.1 Å². The van der Waals surface area contributed by atoms with Crippen molar-refractivity contribution >= 4 is 45.9 Å². The number of thiazole rings is 1. The Labute approximate surface area is 206 Å². The van der Waals surface area contributed by atoms with Gasteiger partial charge in [-0.2, -0.15) is 9.97 Å². The summed E-state index contributed by atoms with van der Waals surface area (Å²) in [5, 5.41) is 3.62. The predicted molar refractivity (Wildman–Crippen MR) is 130 cm³/mol. The lowest BCUT2D eigenvalue weighted by atomic mass is 10.2. The molecule has 0 spiro atoms. The molecule has 0 unspecified atom stereocenters. The van der Waals surface area contributed by atoms with Gasteiger partial charge in [-0.15, -0.1) is 0 Å². The van der Waals surface area contributed by atoms with E-state index < -0.39 is 5.97 Å². The topological polar surface area (TPSA) is 123 Å². The predicted octanol–water partition coefficient (Wildman–Crippen LogP) is 2.48. The molecule has 11 nitrogen and oxygen atoms in total. The third kappa shape index (κ3) is 4.80. The molecular weight excluding hydrogens is 470 g/mol. The number of rotatable bonds is 7. The lowest BCUT2D eigenvalue weighted by Crippen LogP contribution is -2.37. The fourth-order valence-electron chi connectivity index (χ4n) is 4.06. The molecule has 182 valence electrons. The highest BCUT2D eigenvalue weighted by atomic mass is 32.1. The standard InChI is InChI=1S/C23H25N7O4S/c1-3-34-21(32)18-14(2)25-23(35-18)28-22-26-19(29-8-10-33-11-9-29)16-12-17(31)30(20(16)27-22)13-15-4-6-24-7-5-15/h4-7H,3,8-13H2,1-2H3,(H,25,26,27,28). The molecule has 0 atom stereocenters. The lowest BCUT2D eigenvalue weighted by molar-refractivity contribution is -0.117.